The first kappa shape index (κ1) is 17.9. The summed E-state index contributed by atoms with van der Waals surface area (Å²) in [5.41, 5.74) is 0.0472. The van der Waals surface area contributed by atoms with Gasteiger partial charge in [0, 0.05) is 12.6 Å². The predicted octanol–water partition coefficient (Wildman–Crippen LogP) is 4.53. The number of benzene rings is 1. The zero-order chi connectivity index (χ0) is 17.7. The lowest BCUT2D eigenvalue weighted by atomic mass is 10.1. The molecule has 2 aromatic rings. The topological polar surface area (TPSA) is 51.5 Å². The van der Waals surface area contributed by atoms with E-state index < -0.39 is 17.7 Å². The normalized spacial score (nSPS) is 12.1. The molecule has 0 aliphatic rings. The largest absolute Gasteiger partial charge is 0.416 e. The summed E-state index contributed by atoms with van der Waals surface area (Å²) >= 11 is 5.76. The van der Waals surface area contributed by atoms with Crippen LogP contribution in [0.3, 0.4) is 0 Å². The number of nitrogens with zero attached hydrogens (tertiary/aromatic N) is 2. The molecule has 0 saturated carbocycles. The Labute approximate surface area is 140 Å². The highest BCUT2D eigenvalue weighted by atomic mass is 35.5. The third-order valence-electron chi connectivity index (χ3n) is 2.98. The first-order valence-electron chi connectivity index (χ1n) is 6.79. The van der Waals surface area contributed by atoms with E-state index in [9.17, 15) is 18.0 Å². The van der Waals surface area contributed by atoms with Gasteiger partial charge in [-0.25, -0.2) is 9.78 Å². The van der Waals surface area contributed by atoms with Crippen molar-refractivity contribution in [3.63, 3.8) is 0 Å². The van der Waals surface area contributed by atoms with Crippen LogP contribution in [0.2, 0.25) is 5.15 Å². The van der Waals surface area contributed by atoms with E-state index in [0.29, 0.717) is 11.3 Å². The maximum atomic E-state index is 12.7. The molecule has 0 bridgehead atoms. The molecule has 0 fully saturated rings. The summed E-state index contributed by atoms with van der Waals surface area (Å²) in [4.78, 5) is 20.3. The number of rotatable bonds is 4. The van der Waals surface area contributed by atoms with Gasteiger partial charge >= 0.3 is 12.1 Å². The zero-order valence-electron chi connectivity index (χ0n) is 12.5. The smallest absolute Gasteiger partial charge is 0.313 e. The van der Waals surface area contributed by atoms with Crippen LogP contribution in [0.1, 0.15) is 28.4 Å². The predicted molar refractivity (Wildman–Crippen MR) is 82.9 cm³/mol. The number of aromatic nitrogens is 1. The van der Waals surface area contributed by atoms with Crippen LogP contribution in [-0.4, -0.2) is 16.7 Å². The van der Waals surface area contributed by atoms with Crippen molar-refractivity contribution < 1.29 is 22.8 Å². The molecule has 0 atom stereocenters. The molecular weight excluding hydrogens is 345 g/mol. The maximum absolute atomic E-state index is 12.7. The molecule has 0 saturated heterocycles. The van der Waals surface area contributed by atoms with E-state index in [1.807, 2.05) is 0 Å². The Bertz CT molecular complexity index is 776. The summed E-state index contributed by atoms with van der Waals surface area (Å²) in [7, 11) is 0. The van der Waals surface area contributed by atoms with Gasteiger partial charge in [0.1, 0.15) is 5.15 Å². The molecule has 2 rings (SSSR count). The second-order valence-electron chi connectivity index (χ2n) is 4.92. The highest BCUT2D eigenvalue weighted by Crippen LogP contribution is 2.29. The second-order valence-corrected chi connectivity index (χ2v) is 5.28. The van der Waals surface area contributed by atoms with Crippen molar-refractivity contribution >= 4 is 23.3 Å². The number of hydrogen-bond donors (Lipinski definition) is 0. The van der Waals surface area contributed by atoms with Gasteiger partial charge in [0.15, 0.2) is 0 Å². The Balaban J connectivity index is 2.05. The van der Waals surface area contributed by atoms with Crippen molar-refractivity contribution in [1.82, 2.24) is 4.98 Å². The Morgan fingerprint density at radius 2 is 2.04 bits per heavy atom. The molecule has 0 radical (unpaired) electrons. The van der Waals surface area contributed by atoms with E-state index in [1.165, 1.54) is 30.5 Å². The molecule has 1 aromatic heterocycles. The van der Waals surface area contributed by atoms with Crippen molar-refractivity contribution in [2.24, 2.45) is 5.16 Å². The lowest BCUT2D eigenvalue weighted by Gasteiger charge is -2.08. The van der Waals surface area contributed by atoms with Crippen molar-refractivity contribution in [1.29, 1.82) is 0 Å². The van der Waals surface area contributed by atoms with Crippen molar-refractivity contribution in [2.45, 2.75) is 19.5 Å². The van der Waals surface area contributed by atoms with E-state index in [0.717, 1.165) is 12.1 Å². The van der Waals surface area contributed by atoms with Gasteiger partial charge in [-0.05, 0) is 30.7 Å². The minimum atomic E-state index is -4.41. The molecule has 0 aliphatic heterocycles. The fourth-order valence-electron chi connectivity index (χ4n) is 1.89. The molecule has 1 aromatic carbocycles. The lowest BCUT2D eigenvalue weighted by molar-refractivity contribution is -0.137. The van der Waals surface area contributed by atoms with Gasteiger partial charge in [-0.1, -0.05) is 35.0 Å². The van der Waals surface area contributed by atoms with Crippen LogP contribution in [-0.2, 0) is 17.4 Å². The minimum absolute atomic E-state index is 0.0202. The SMILES string of the molecule is C/C(Cc1cccc(C(F)(F)F)c1)=N\OC(=O)c1cccnc1Cl. The van der Waals surface area contributed by atoms with Gasteiger partial charge in [-0.3, -0.25) is 0 Å². The molecule has 0 N–H and O–H groups in total. The fourth-order valence-corrected chi connectivity index (χ4v) is 2.09. The van der Waals surface area contributed by atoms with Gasteiger partial charge in [-0.15, -0.1) is 0 Å². The first-order valence-corrected chi connectivity index (χ1v) is 7.16. The molecule has 8 heteroatoms. The summed E-state index contributed by atoms with van der Waals surface area (Å²) in [6.45, 7) is 1.54. The highest BCUT2D eigenvalue weighted by molar-refractivity contribution is 6.32. The van der Waals surface area contributed by atoms with E-state index in [4.69, 9.17) is 16.4 Å². The third kappa shape index (κ3) is 4.79. The van der Waals surface area contributed by atoms with Gasteiger partial charge in [0.25, 0.3) is 0 Å². The van der Waals surface area contributed by atoms with E-state index >= 15 is 0 Å². The number of alkyl halides is 3. The Morgan fingerprint density at radius 3 is 2.71 bits per heavy atom. The molecule has 126 valence electrons. The minimum Gasteiger partial charge on any atom is -0.313 e. The van der Waals surface area contributed by atoms with E-state index in [-0.39, 0.29) is 17.1 Å². The van der Waals surface area contributed by atoms with Crippen LogP contribution < -0.4 is 0 Å². The Hall–Kier alpha value is -2.41. The number of hydrogen-bond acceptors (Lipinski definition) is 4. The standard InChI is InChI=1S/C16H12ClF3N2O2/c1-10(8-11-4-2-5-12(9-11)16(18,19)20)22-24-15(23)13-6-3-7-21-14(13)17/h2-7,9H,8H2,1H3/b22-10+. The van der Waals surface area contributed by atoms with Crippen LogP contribution in [0.5, 0.6) is 0 Å². The van der Waals surface area contributed by atoms with Crippen LogP contribution in [0.4, 0.5) is 13.2 Å². The molecule has 0 amide bonds. The number of carbonyl (C=O) groups excluding carboxylic acids is 1. The van der Waals surface area contributed by atoms with Gasteiger partial charge < -0.3 is 4.84 Å². The van der Waals surface area contributed by atoms with Gasteiger partial charge in [0.2, 0.25) is 0 Å². The Morgan fingerprint density at radius 1 is 1.29 bits per heavy atom. The summed E-state index contributed by atoms with van der Waals surface area (Å²) < 4.78 is 38.0. The zero-order valence-corrected chi connectivity index (χ0v) is 13.2. The Kier molecular flexibility index (Phi) is 5.56. The summed E-state index contributed by atoms with van der Waals surface area (Å²) in [6.07, 6.45) is -2.89. The highest BCUT2D eigenvalue weighted by Gasteiger charge is 2.30. The molecule has 0 spiro atoms. The number of carbonyl (C=O) groups is 1. The van der Waals surface area contributed by atoms with Crippen molar-refractivity contribution in [3.8, 4) is 0 Å². The van der Waals surface area contributed by atoms with Crippen LogP contribution in [0.25, 0.3) is 0 Å². The van der Waals surface area contributed by atoms with Gasteiger partial charge in [0.05, 0.1) is 16.8 Å². The van der Waals surface area contributed by atoms with E-state index in [1.54, 1.807) is 6.92 Å². The maximum Gasteiger partial charge on any atom is 0.416 e. The average molecular weight is 357 g/mol. The number of halogens is 4. The molecule has 1 heterocycles. The molecule has 24 heavy (non-hydrogen) atoms. The van der Waals surface area contributed by atoms with Crippen LogP contribution in [0, 0.1) is 0 Å². The number of oxime groups is 1. The van der Waals surface area contributed by atoms with E-state index in [2.05, 4.69) is 10.1 Å². The lowest BCUT2D eigenvalue weighted by Crippen LogP contribution is -2.08. The number of pyridine rings is 1. The van der Waals surface area contributed by atoms with Crippen molar-refractivity contribution in [2.75, 3.05) is 0 Å². The molecular formula is C16H12ClF3N2O2. The quantitative estimate of drug-likeness (QED) is 0.350. The molecule has 0 unspecified atom stereocenters. The summed E-state index contributed by atoms with van der Waals surface area (Å²) in [6, 6.07) is 7.80. The third-order valence-corrected chi connectivity index (χ3v) is 3.28. The van der Waals surface area contributed by atoms with Gasteiger partial charge in [-0.2, -0.15) is 13.2 Å². The van der Waals surface area contributed by atoms with Crippen LogP contribution >= 0.6 is 11.6 Å². The first-order chi connectivity index (χ1) is 11.3. The monoisotopic (exact) mass is 356 g/mol. The second kappa shape index (κ2) is 7.44. The average Bonchev–Trinajstić information content (AvgIpc) is 2.52. The summed E-state index contributed by atoms with van der Waals surface area (Å²) in [5, 5.41) is 3.61. The molecule has 4 nitrogen and oxygen atoms in total. The van der Waals surface area contributed by atoms with Crippen LogP contribution in [0.15, 0.2) is 47.8 Å². The van der Waals surface area contributed by atoms with Crippen molar-refractivity contribution in [3.05, 3.63) is 64.4 Å². The molecule has 0 aliphatic carbocycles. The fraction of sp³-hybridized carbons (Fsp3) is 0.188. The summed E-state index contributed by atoms with van der Waals surface area (Å²) in [5.74, 6) is -0.795.